The molecule has 2 N–H and O–H groups in total. The number of amides is 3. The summed E-state index contributed by atoms with van der Waals surface area (Å²) in [6, 6.07) is 4.96. The van der Waals surface area contributed by atoms with Crippen LogP contribution < -0.4 is 10.6 Å². The molecule has 0 saturated carbocycles. The van der Waals surface area contributed by atoms with Gasteiger partial charge in [-0.3, -0.25) is 9.72 Å². The minimum absolute atomic E-state index is 0.216. The van der Waals surface area contributed by atoms with Crippen molar-refractivity contribution >= 4 is 40.9 Å². The second kappa shape index (κ2) is 9.00. The molecule has 3 aromatic rings. The lowest BCUT2D eigenvalue weighted by Gasteiger charge is -2.16. The number of hydrogen-bond donors (Lipinski definition) is 2. The molecule has 0 spiro atoms. The molecule has 2 aromatic heterocycles. The third-order valence-corrected chi connectivity index (χ3v) is 4.54. The number of imidazole rings is 1. The number of nitrogens with one attached hydrogen (secondary N) is 2. The largest absolute Gasteiger partial charge is 0.447 e. The normalized spacial score (nSPS) is 10.9. The molecular weight excluding hydrogens is 408 g/mol. The van der Waals surface area contributed by atoms with Crippen LogP contribution in [-0.2, 0) is 4.74 Å². The molecule has 0 aliphatic carbocycles. The van der Waals surface area contributed by atoms with Gasteiger partial charge in [0.05, 0.1) is 28.7 Å². The summed E-state index contributed by atoms with van der Waals surface area (Å²) in [7, 11) is 1.71. The van der Waals surface area contributed by atoms with E-state index in [0.717, 1.165) is 0 Å². The van der Waals surface area contributed by atoms with E-state index in [0.29, 0.717) is 40.0 Å². The first kappa shape index (κ1) is 21.4. The maximum atomic E-state index is 12.1. The van der Waals surface area contributed by atoms with Crippen LogP contribution in [0.5, 0.6) is 0 Å². The van der Waals surface area contributed by atoms with Gasteiger partial charge in [-0.1, -0.05) is 11.6 Å². The number of fused-ring (bicyclic) bond motifs is 1. The molecule has 2 heterocycles. The van der Waals surface area contributed by atoms with Gasteiger partial charge >= 0.3 is 12.1 Å². The molecule has 0 radical (unpaired) electrons. The summed E-state index contributed by atoms with van der Waals surface area (Å²) in [4.78, 5) is 34.2. The van der Waals surface area contributed by atoms with Gasteiger partial charge in [-0.15, -0.1) is 0 Å². The number of hydrogen-bond acceptors (Lipinski definition) is 5. The molecular formula is C20H23ClN6O3. The second-order valence-electron chi connectivity index (χ2n) is 6.89. The Morgan fingerprint density at radius 2 is 2.00 bits per heavy atom. The van der Waals surface area contributed by atoms with E-state index in [-0.39, 0.29) is 12.1 Å². The Morgan fingerprint density at radius 1 is 1.23 bits per heavy atom. The van der Waals surface area contributed by atoms with Crippen molar-refractivity contribution in [2.75, 3.05) is 24.2 Å². The van der Waals surface area contributed by atoms with Crippen molar-refractivity contribution < 1.29 is 14.3 Å². The van der Waals surface area contributed by atoms with Crippen LogP contribution in [0, 0.1) is 0 Å². The maximum Gasteiger partial charge on any atom is 0.411 e. The zero-order chi connectivity index (χ0) is 21.8. The molecule has 158 valence electrons. The molecule has 10 heteroatoms. The lowest BCUT2D eigenvalue weighted by atomic mass is 10.1. The number of rotatable bonds is 5. The fraction of sp³-hybridized carbons (Fsp3) is 0.300. The fourth-order valence-corrected chi connectivity index (χ4v) is 2.82. The fourth-order valence-electron chi connectivity index (χ4n) is 2.60. The Labute approximate surface area is 179 Å². The SMILES string of the molecule is CCN(C)C(=O)Nc1ccc(Cl)c(-c2cn3cc(NC(=O)OC(C)C)cnc3n2)c1. The highest BCUT2D eigenvalue weighted by atomic mass is 35.5. The maximum absolute atomic E-state index is 12.1. The zero-order valence-electron chi connectivity index (χ0n) is 17.1. The molecule has 1 aromatic carbocycles. The van der Waals surface area contributed by atoms with Gasteiger partial charge in [-0.2, -0.15) is 0 Å². The number of anilines is 2. The first-order valence-electron chi connectivity index (χ1n) is 9.41. The van der Waals surface area contributed by atoms with Crippen LogP contribution in [0.1, 0.15) is 20.8 Å². The number of carbonyl (C=O) groups excluding carboxylic acids is 2. The van der Waals surface area contributed by atoms with E-state index in [1.807, 2.05) is 6.92 Å². The molecule has 0 aliphatic heterocycles. The van der Waals surface area contributed by atoms with Gasteiger partial charge in [-0.05, 0) is 39.0 Å². The van der Waals surface area contributed by atoms with Gasteiger partial charge in [0, 0.05) is 37.2 Å². The standard InChI is InChI=1S/C20H23ClN6O3/c1-5-26(4)19(28)23-13-6-7-16(21)15(8-13)17-11-27-10-14(9-22-18(27)25-17)24-20(29)30-12(2)3/h6-12H,5H2,1-4H3,(H,23,28)(H,24,29). The van der Waals surface area contributed by atoms with E-state index in [9.17, 15) is 9.59 Å². The number of aromatic nitrogens is 3. The Kier molecular flexibility index (Phi) is 6.41. The van der Waals surface area contributed by atoms with Crippen LogP contribution in [0.25, 0.3) is 17.0 Å². The van der Waals surface area contributed by atoms with E-state index in [2.05, 4.69) is 20.6 Å². The van der Waals surface area contributed by atoms with Crippen molar-refractivity contribution in [3.05, 3.63) is 41.8 Å². The summed E-state index contributed by atoms with van der Waals surface area (Å²) in [6.07, 6.45) is 4.12. The van der Waals surface area contributed by atoms with Gasteiger partial charge in [0.15, 0.2) is 0 Å². The Bertz CT molecular complexity index is 1080. The Balaban J connectivity index is 1.86. The van der Waals surface area contributed by atoms with Crippen molar-refractivity contribution in [3.8, 4) is 11.3 Å². The summed E-state index contributed by atoms with van der Waals surface area (Å²) in [6.45, 7) is 6.01. The molecule has 0 atom stereocenters. The molecule has 0 saturated heterocycles. The third-order valence-electron chi connectivity index (χ3n) is 4.21. The molecule has 3 amide bonds. The predicted octanol–water partition coefficient (Wildman–Crippen LogP) is 4.49. The number of carbonyl (C=O) groups is 2. The summed E-state index contributed by atoms with van der Waals surface area (Å²) >= 11 is 6.37. The molecule has 3 rings (SSSR count). The van der Waals surface area contributed by atoms with E-state index >= 15 is 0 Å². The average molecular weight is 431 g/mol. The number of halogens is 1. The number of benzene rings is 1. The van der Waals surface area contributed by atoms with E-state index in [4.69, 9.17) is 16.3 Å². The second-order valence-corrected chi connectivity index (χ2v) is 7.30. The van der Waals surface area contributed by atoms with Crippen LogP contribution in [0.3, 0.4) is 0 Å². The summed E-state index contributed by atoms with van der Waals surface area (Å²) in [5.41, 5.74) is 2.29. The number of ether oxygens (including phenoxy) is 1. The molecule has 0 bridgehead atoms. The summed E-state index contributed by atoms with van der Waals surface area (Å²) < 4.78 is 6.74. The van der Waals surface area contributed by atoms with Crippen molar-refractivity contribution in [2.24, 2.45) is 0 Å². The van der Waals surface area contributed by atoms with Gasteiger partial charge in [-0.25, -0.2) is 19.6 Å². The zero-order valence-corrected chi connectivity index (χ0v) is 17.9. The third kappa shape index (κ3) is 4.98. The lowest BCUT2D eigenvalue weighted by Crippen LogP contribution is -2.30. The average Bonchev–Trinajstić information content (AvgIpc) is 3.11. The highest BCUT2D eigenvalue weighted by Crippen LogP contribution is 2.30. The molecule has 0 fully saturated rings. The molecule has 0 aliphatic rings. The van der Waals surface area contributed by atoms with Crippen LogP contribution >= 0.6 is 11.6 Å². The quantitative estimate of drug-likeness (QED) is 0.621. The van der Waals surface area contributed by atoms with Crippen LogP contribution in [0.4, 0.5) is 21.0 Å². The number of nitrogens with zero attached hydrogens (tertiary/aromatic N) is 4. The van der Waals surface area contributed by atoms with Crippen molar-refractivity contribution in [3.63, 3.8) is 0 Å². The molecule has 9 nitrogen and oxygen atoms in total. The van der Waals surface area contributed by atoms with Gasteiger partial charge in [0.1, 0.15) is 0 Å². The molecule has 0 unspecified atom stereocenters. The highest BCUT2D eigenvalue weighted by molar-refractivity contribution is 6.33. The van der Waals surface area contributed by atoms with E-state index in [1.165, 1.54) is 6.20 Å². The predicted molar refractivity (Wildman–Crippen MR) is 116 cm³/mol. The minimum atomic E-state index is -0.560. The minimum Gasteiger partial charge on any atom is -0.447 e. The first-order chi connectivity index (χ1) is 14.3. The summed E-state index contributed by atoms with van der Waals surface area (Å²) in [5.74, 6) is 0.434. The van der Waals surface area contributed by atoms with Crippen molar-refractivity contribution in [1.29, 1.82) is 0 Å². The van der Waals surface area contributed by atoms with Gasteiger partial charge in [0.25, 0.3) is 0 Å². The van der Waals surface area contributed by atoms with E-state index in [1.54, 1.807) is 60.8 Å². The van der Waals surface area contributed by atoms with Crippen LogP contribution in [-0.4, -0.2) is 51.1 Å². The smallest absolute Gasteiger partial charge is 0.411 e. The van der Waals surface area contributed by atoms with Crippen molar-refractivity contribution in [1.82, 2.24) is 19.3 Å². The first-order valence-corrected chi connectivity index (χ1v) is 9.79. The van der Waals surface area contributed by atoms with Gasteiger partial charge < -0.3 is 15.0 Å². The topological polar surface area (TPSA) is 101 Å². The summed E-state index contributed by atoms with van der Waals surface area (Å²) in [5, 5.41) is 5.93. The highest BCUT2D eigenvalue weighted by Gasteiger charge is 2.13. The van der Waals surface area contributed by atoms with Crippen LogP contribution in [0.15, 0.2) is 36.8 Å². The Morgan fingerprint density at radius 3 is 2.70 bits per heavy atom. The lowest BCUT2D eigenvalue weighted by molar-refractivity contribution is 0.130. The monoisotopic (exact) mass is 430 g/mol. The molecule has 30 heavy (non-hydrogen) atoms. The van der Waals surface area contributed by atoms with Crippen molar-refractivity contribution in [2.45, 2.75) is 26.9 Å². The van der Waals surface area contributed by atoms with Crippen LogP contribution in [0.2, 0.25) is 5.02 Å². The Hall–Kier alpha value is -3.33. The van der Waals surface area contributed by atoms with E-state index < -0.39 is 6.09 Å². The van der Waals surface area contributed by atoms with Gasteiger partial charge in [0.2, 0.25) is 5.78 Å². The number of urea groups is 1.